The summed E-state index contributed by atoms with van der Waals surface area (Å²) < 4.78 is 40.1. The topological polar surface area (TPSA) is 58.8 Å². The molecule has 6 nitrogen and oxygen atoms in total. The van der Waals surface area contributed by atoms with E-state index in [4.69, 9.17) is 9.26 Å². The van der Waals surface area contributed by atoms with Crippen molar-refractivity contribution < 1.29 is 22.8 Å². The van der Waals surface area contributed by atoms with Crippen molar-refractivity contribution in [2.45, 2.75) is 19.9 Å². The Bertz CT molecular complexity index is 1080. The second-order valence-corrected chi connectivity index (χ2v) is 7.60. The number of ether oxygens (including phenoxy) is 1. The van der Waals surface area contributed by atoms with Crippen LogP contribution in [0.2, 0.25) is 0 Å². The van der Waals surface area contributed by atoms with Gasteiger partial charge < -0.3 is 19.1 Å². The maximum Gasteiger partial charge on any atom is 0.257 e. The fraction of sp³-hybridized carbons (Fsp3) is 0.333. The van der Waals surface area contributed by atoms with Crippen LogP contribution in [0.4, 0.5) is 14.7 Å². The van der Waals surface area contributed by atoms with Gasteiger partial charge in [-0.2, -0.15) is 0 Å². The molecule has 1 aliphatic rings. The molecule has 0 radical (unpaired) electrons. The Morgan fingerprint density at radius 1 is 1.06 bits per heavy atom. The molecule has 1 fully saturated rings. The lowest BCUT2D eigenvalue weighted by atomic mass is 10.1. The standard InChI is InChI=1S/C24H25F2N3O3/c1-2-11-29(23(30)18-8-4-6-10-21(18)26)16-19-22(17-7-3-5-9-20(17)25)27-32-24(19)28-12-14-31-15-13-28/h3-10H,2,11-16H2,1H3. The van der Waals surface area contributed by atoms with Crippen LogP contribution in [-0.4, -0.2) is 48.8 Å². The average molecular weight is 441 g/mol. The summed E-state index contributed by atoms with van der Waals surface area (Å²) in [6.07, 6.45) is 0.674. The van der Waals surface area contributed by atoms with Crippen LogP contribution in [0.3, 0.4) is 0 Å². The Kier molecular flexibility index (Phi) is 6.80. The molecule has 0 spiro atoms. The number of hydrogen-bond donors (Lipinski definition) is 0. The first-order valence-electron chi connectivity index (χ1n) is 10.7. The van der Waals surface area contributed by atoms with Crippen LogP contribution >= 0.6 is 0 Å². The summed E-state index contributed by atoms with van der Waals surface area (Å²) in [5.41, 5.74) is 1.22. The Labute approximate surface area is 185 Å². The number of carbonyl (C=O) groups is 1. The molecule has 3 aromatic rings. The van der Waals surface area contributed by atoms with E-state index >= 15 is 0 Å². The highest BCUT2D eigenvalue weighted by Crippen LogP contribution is 2.34. The van der Waals surface area contributed by atoms with Gasteiger partial charge in [0.05, 0.1) is 30.9 Å². The first-order valence-corrected chi connectivity index (χ1v) is 10.7. The number of hydrogen-bond acceptors (Lipinski definition) is 5. The molecule has 4 rings (SSSR count). The zero-order valence-electron chi connectivity index (χ0n) is 17.9. The van der Waals surface area contributed by atoms with E-state index in [-0.39, 0.29) is 12.1 Å². The molecule has 0 bridgehead atoms. The number of aromatic nitrogens is 1. The Balaban J connectivity index is 1.75. The van der Waals surface area contributed by atoms with E-state index in [1.807, 2.05) is 11.8 Å². The molecular formula is C24H25F2N3O3. The van der Waals surface area contributed by atoms with Gasteiger partial charge in [0.25, 0.3) is 5.91 Å². The lowest BCUT2D eigenvalue weighted by molar-refractivity contribution is 0.0738. The molecule has 1 aliphatic heterocycles. The Hall–Kier alpha value is -3.26. The zero-order chi connectivity index (χ0) is 22.5. The molecule has 0 aliphatic carbocycles. The van der Waals surface area contributed by atoms with Crippen molar-refractivity contribution >= 4 is 11.8 Å². The van der Waals surface area contributed by atoms with Gasteiger partial charge in [-0.25, -0.2) is 8.78 Å². The maximum absolute atomic E-state index is 14.6. The van der Waals surface area contributed by atoms with Crippen LogP contribution < -0.4 is 4.90 Å². The minimum Gasteiger partial charge on any atom is -0.378 e. The molecule has 0 N–H and O–H groups in total. The van der Waals surface area contributed by atoms with Crippen molar-refractivity contribution in [1.82, 2.24) is 10.1 Å². The van der Waals surface area contributed by atoms with Crippen LogP contribution in [0.1, 0.15) is 29.3 Å². The van der Waals surface area contributed by atoms with Crippen molar-refractivity contribution in [2.24, 2.45) is 0 Å². The van der Waals surface area contributed by atoms with Gasteiger partial charge in [0.15, 0.2) is 0 Å². The predicted molar refractivity (Wildman–Crippen MR) is 116 cm³/mol. The third-order valence-electron chi connectivity index (χ3n) is 5.43. The zero-order valence-corrected chi connectivity index (χ0v) is 17.9. The van der Waals surface area contributed by atoms with Crippen LogP contribution in [0, 0.1) is 11.6 Å². The van der Waals surface area contributed by atoms with E-state index < -0.39 is 17.5 Å². The van der Waals surface area contributed by atoms with Crippen molar-refractivity contribution in [1.29, 1.82) is 0 Å². The van der Waals surface area contributed by atoms with Gasteiger partial charge in [0.2, 0.25) is 5.88 Å². The normalized spacial score (nSPS) is 13.9. The molecule has 32 heavy (non-hydrogen) atoms. The third-order valence-corrected chi connectivity index (χ3v) is 5.43. The van der Waals surface area contributed by atoms with Gasteiger partial charge in [-0.05, 0) is 30.7 Å². The van der Waals surface area contributed by atoms with Gasteiger partial charge in [-0.1, -0.05) is 36.3 Å². The monoisotopic (exact) mass is 441 g/mol. The predicted octanol–water partition coefficient (Wildman–Crippen LogP) is 4.51. The van der Waals surface area contributed by atoms with Gasteiger partial charge in [-0.3, -0.25) is 4.79 Å². The van der Waals surface area contributed by atoms with Gasteiger partial charge in [0.1, 0.15) is 17.3 Å². The lowest BCUT2D eigenvalue weighted by Gasteiger charge is -2.28. The highest BCUT2D eigenvalue weighted by Gasteiger charge is 2.29. The molecule has 1 aromatic heterocycles. The lowest BCUT2D eigenvalue weighted by Crippen LogP contribution is -2.37. The summed E-state index contributed by atoms with van der Waals surface area (Å²) in [5.74, 6) is -0.961. The highest BCUT2D eigenvalue weighted by molar-refractivity contribution is 5.94. The molecule has 0 atom stereocenters. The SMILES string of the molecule is CCCN(Cc1c(-c2ccccc2F)noc1N1CCOCC1)C(=O)c1ccccc1F. The average Bonchev–Trinajstić information content (AvgIpc) is 3.23. The largest absolute Gasteiger partial charge is 0.378 e. The van der Waals surface area contributed by atoms with Crippen molar-refractivity contribution in [3.8, 4) is 11.3 Å². The molecule has 1 saturated heterocycles. The van der Waals surface area contributed by atoms with E-state index in [9.17, 15) is 13.6 Å². The highest BCUT2D eigenvalue weighted by atomic mass is 19.1. The van der Waals surface area contributed by atoms with Gasteiger partial charge >= 0.3 is 0 Å². The van der Waals surface area contributed by atoms with Gasteiger partial charge in [-0.15, -0.1) is 0 Å². The first-order chi connectivity index (χ1) is 15.6. The van der Waals surface area contributed by atoms with E-state index in [2.05, 4.69) is 5.16 Å². The quantitative estimate of drug-likeness (QED) is 0.540. The van der Waals surface area contributed by atoms with E-state index in [1.165, 1.54) is 18.2 Å². The van der Waals surface area contributed by atoms with Crippen LogP contribution in [0.5, 0.6) is 0 Å². The van der Waals surface area contributed by atoms with Crippen molar-refractivity contribution in [2.75, 3.05) is 37.7 Å². The van der Waals surface area contributed by atoms with Crippen LogP contribution in [0.15, 0.2) is 53.1 Å². The number of nitrogens with zero attached hydrogens (tertiary/aromatic N) is 3. The second kappa shape index (κ2) is 9.91. The molecule has 8 heteroatoms. The number of rotatable bonds is 7. The first kappa shape index (κ1) is 22.0. The molecule has 2 heterocycles. The molecule has 168 valence electrons. The molecular weight excluding hydrogens is 416 g/mol. The van der Waals surface area contributed by atoms with E-state index in [0.717, 1.165) is 0 Å². The Morgan fingerprint density at radius 3 is 2.44 bits per heavy atom. The van der Waals surface area contributed by atoms with Crippen molar-refractivity contribution in [3.63, 3.8) is 0 Å². The summed E-state index contributed by atoms with van der Waals surface area (Å²) in [5, 5.41) is 4.18. The number of halogens is 2. The third kappa shape index (κ3) is 4.50. The van der Waals surface area contributed by atoms with E-state index in [0.29, 0.717) is 62.0 Å². The minimum atomic E-state index is -0.577. The molecule has 0 saturated carbocycles. The van der Waals surface area contributed by atoms with E-state index in [1.54, 1.807) is 35.2 Å². The van der Waals surface area contributed by atoms with Crippen LogP contribution in [-0.2, 0) is 11.3 Å². The minimum absolute atomic E-state index is 0.00207. The number of amides is 1. The Morgan fingerprint density at radius 2 is 1.75 bits per heavy atom. The fourth-order valence-electron chi connectivity index (χ4n) is 3.84. The molecule has 0 unspecified atom stereocenters. The second-order valence-electron chi connectivity index (χ2n) is 7.60. The summed E-state index contributed by atoms with van der Waals surface area (Å²) in [4.78, 5) is 16.7. The van der Waals surface area contributed by atoms with Gasteiger partial charge in [0, 0.05) is 25.2 Å². The number of carbonyl (C=O) groups excluding carboxylic acids is 1. The molecule has 1 amide bonds. The summed E-state index contributed by atoms with van der Waals surface area (Å²) >= 11 is 0. The van der Waals surface area contributed by atoms with Crippen molar-refractivity contribution in [3.05, 3.63) is 71.3 Å². The molecule has 2 aromatic carbocycles. The summed E-state index contributed by atoms with van der Waals surface area (Å²) in [7, 11) is 0. The fourth-order valence-corrected chi connectivity index (χ4v) is 3.84. The number of benzene rings is 2. The number of morpholine rings is 1. The summed E-state index contributed by atoms with van der Waals surface area (Å²) in [6.45, 7) is 4.69. The smallest absolute Gasteiger partial charge is 0.257 e. The number of anilines is 1. The maximum atomic E-state index is 14.6. The van der Waals surface area contributed by atoms with Crippen LogP contribution in [0.25, 0.3) is 11.3 Å². The summed E-state index contributed by atoms with van der Waals surface area (Å²) in [6, 6.07) is 12.2.